The molecule has 144 valence electrons. The quantitative estimate of drug-likeness (QED) is 0.530. The Labute approximate surface area is 166 Å². The molecule has 4 rings (SSSR count). The number of nitrogens with one attached hydrogen (secondary N) is 1. The van der Waals surface area contributed by atoms with Gasteiger partial charge in [-0.3, -0.25) is 4.79 Å². The third kappa shape index (κ3) is 3.84. The molecular formula is C22H16FN3O3. The molecule has 0 fully saturated rings. The first-order valence-corrected chi connectivity index (χ1v) is 8.79. The Hall–Kier alpha value is -4.00. The molecule has 1 amide bonds. The summed E-state index contributed by atoms with van der Waals surface area (Å²) in [6.45, 7) is 0. The lowest BCUT2D eigenvalue weighted by molar-refractivity contribution is 0.102. The maximum atomic E-state index is 13.8. The first kappa shape index (κ1) is 18.4. The zero-order valence-electron chi connectivity index (χ0n) is 15.4. The highest BCUT2D eigenvalue weighted by atomic mass is 19.1. The van der Waals surface area contributed by atoms with Gasteiger partial charge in [0.25, 0.3) is 11.8 Å². The largest absolute Gasteiger partial charge is 0.496 e. The summed E-state index contributed by atoms with van der Waals surface area (Å²) in [5.74, 6) is 0.178. The molecule has 29 heavy (non-hydrogen) atoms. The van der Waals surface area contributed by atoms with Crippen LogP contribution in [0.1, 0.15) is 10.4 Å². The number of ether oxygens (including phenoxy) is 1. The van der Waals surface area contributed by atoms with Crippen LogP contribution in [0.3, 0.4) is 0 Å². The van der Waals surface area contributed by atoms with Crippen LogP contribution in [-0.2, 0) is 0 Å². The van der Waals surface area contributed by atoms with Crippen LogP contribution >= 0.6 is 0 Å². The van der Waals surface area contributed by atoms with Crippen molar-refractivity contribution in [2.24, 2.45) is 0 Å². The number of para-hydroxylation sites is 1. The van der Waals surface area contributed by atoms with Crippen molar-refractivity contribution >= 4 is 11.6 Å². The lowest BCUT2D eigenvalue weighted by atomic mass is 10.1. The predicted octanol–water partition coefficient (Wildman–Crippen LogP) is 4.80. The van der Waals surface area contributed by atoms with Gasteiger partial charge in [0.1, 0.15) is 11.6 Å². The van der Waals surface area contributed by atoms with Crippen LogP contribution in [0.2, 0.25) is 0 Å². The third-order valence-corrected chi connectivity index (χ3v) is 4.26. The molecule has 4 aromatic rings. The number of hydrogen-bond acceptors (Lipinski definition) is 5. The van der Waals surface area contributed by atoms with Gasteiger partial charge in [-0.2, -0.15) is 4.98 Å². The number of amides is 1. The number of benzene rings is 3. The smallest absolute Gasteiger partial charge is 0.258 e. The number of hydrogen-bond donors (Lipinski definition) is 1. The maximum absolute atomic E-state index is 13.8. The van der Waals surface area contributed by atoms with Crippen molar-refractivity contribution in [1.29, 1.82) is 0 Å². The molecule has 0 saturated heterocycles. The zero-order chi connectivity index (χ0) is 20.2. The van der Waals surface area contributed by atoms with Gasteiger partial charge in [0.2, 0.25) is 5.82 Å². The third-order valence-electron chi connectivity index (χ3n) is 4.26. The second-order valence-corrected chi connectivity index (χ2v) is 6.14. The van der Waals surface area contributed by atoms with Crippen molar-refractivity contribution in [1.82, 2.24) is 10.1 Å². The van der Waals surface area contributed by atoms with Crippen molar-refractivity contribution in [3.05, 3.63) is 84.2 Å². The zero-order valence-corrected chi connectivity index (χ0v) is 15.4. The molecule has 0 radical (unpaired) electrons. The summed E-state index contributed by atoms with van der Waals surface area (Å²) in [5.41, 5.74) is 1.76. The van der Waals surface area contributed by atoms with Crippen LogP contribution in [0.25, 0.3) is 22.8 Å². The molecule has 0 unspecified atom stereocenters. The fraction of sp³-hybridized carbons (Fsp3) is 0.0455. The Morgan fingerprint density at radius 1 is 1.03 bits per heavy atom. The van der Waals surface area contributed by atoms with Crippen molar-refractivity contribution in [2.75, 3.05) is 12.4 Å². The summed E-state index contributed by atoms with van der Waals surface area (Å²) < 4.78 is 24.5. The number of methoxy groups -OCH3 is 1. The molecule has 0 bridgehead atoms. The fourth-order valence-electron chi connectivity index (χ4n) is 2.85. The van der Waals surface area contributed by atoms with Gasteiger partial charge in [0.15, 0.2) is 0 Å². The topological polar surface area (TPSA) is 77.3 Å². The molecule has 3 aromatic carbocycles. The molecule has 0 saturated carbocycles. The molecule has 0 aliphatic carbocycles. The number of nitrogens with zero attached hydrogens (tertiary/aromatic N) is 2. The first-order chi connectivity index (χ1) is 14.2. The number of rotatable bonds is 5. The minimum Gasteiger partial charge on any atom is -0.496 e. The van der Waals surface area contributed by atoms with E-state index in [0.29, 0.717) is 28.4 Å². The van der Waals surface area contributed by atoms with E-state index in [1.165, 1.54) is 18.2 Å². The number of aromatic nitrogens is 2. The summed E-state index contributed by atoms with van der Waals surface area (Å²) in [6, 6.07) is 20.0. The van der Waals surface area contributed by atoms with Crippen LogP contribution in [0.4, 0.5) is 10.1 Å². The Morgan fingerprint density at radius 3 is 2.66 bits per heavy atom. The summed E-state index contributed by atoms with van der Waals surface area (Å²) in [5, 5.41) is 6.70. The van der Waals surface area contributed by atoms with E-state index in [1.807, 2.05) is 24.3 Å². The van der Waals surface area contributed by atoms with Crippen LogP contribution in [0.5, 0.6) is 5.75 Å². The average Bonchev–Trinajstić information content (AvgIpc) is 3.24. The monoisotopic (exact) mass is 389 g/mol. The van der Waals surface area contributed by atoms with E-state index in [4.69, 9.17) is 9.26 Å². The van der Waals surface area contributed by atoms with E-state index in [1.54, 1.807) is 37.4 Å². The highest BCUT2D eigenvalue weighted by Gasteiger charge is 2.15. The van der Waals surface area contributed by atoms with Gasteiger partial charge < -0.3 is 14.6 Å². The van der Waals surface area contributed by atoms with Gasteiger partial charge in [0.05, 0.1) is 18.2 Å². The predicted molar refractivity (Wildman–Crippen MR) is 106 cm³/mol. The lowest BCUT2D eigenvalue weighted by Gasteiger charge is -2.07. The molecular weight excluding hydrogens is 373 g/mol. The Balaban J connectivity index is 1.59. The molecule has 0 atom stereocenters. The van der Waals surface area contributed by atoms with Crippen LogP contribution in [0.15, 0.2) is 77.3 Å². The number of carbonyl (C=O) groups is 1. The molecule has 6 nitrogen and oxygen atoms in total. The van der Waals surface area contributed by atoms with E-state index in [-0.39, 0.29) is 11.5 Å². The van der Waals surface area contributed by atoms with E-state index in [0.717, 1.165) is 0 Å². The fourth-order valence-corrected chi connectivity index (χ4v) is 2.85. The van der Waals surface area contributed by atoms with Crippen molar-refractivity contribution in [2.45, 2.75) is 0 Å². The summed E-state index contributed by atoms with van der Waals surface area (Å²) in [7, 11) is 1.57. The Kier molecular flexibility index (Phi) is 5.03. The lowest BCUT2D eigenvalue weighted by Crippen LogP contribution is -2.13. The minimum atomic E-state index is -0.584. The van der Waals surface area contributed by atoms with E-state index in [2.05, 4.69) is 15.5 Å². The molecule has 0 aliphatic rings. The molecule has 0 aliphatic heterocycles. The minimum absolute atomic E-state index is 0.0332. The highest BCUT2D eigenvalue weighted by Crippen LogP contribution is 2.30. The molecule has 7 heteroatoms. The van der Waals surface area contributed by atoms with Gasteiger partial charge >= 0.3 is 0 Å². The van der Waals surface area contributed by atoms with Crippen molar-refractivity contribution in [3.8, 4) is 28.6 Å². The molecule has 0 spiro atoms. The normalized spacial score (nSPS) is 10.6. The second-order valence-electron chi connectivity index (χ2n) is 6.14. The average molecular weight is 389 g/mol. The first-order valence-electron chi connectivity index (χ1n) is 8.79. The van der Waals surface area contributed by atoms with Crippen LogP contribution in [-0.4, -0.2) is 23.2 Å². The van der Waals surface area contributed by atoms with E-state index < -0.39 is 11.7 Å². The Bertz CT molecular complexity index is 1170. The van der Waals surface area contributed by atoms with Gasteiger partial charge in [-0.25, -0.2) is 4.39 Å². The summed E-state index contributed by atoms with van der Waals surface area (Å²) in [6.07, 6.45) is 0. The summed E-state index contributed by atoms with van der Waals surface area (Å²) in [4.78, 5) is 16.7. The molecule has 1 heterocycles. The van der Waals surface area contributed by atoms with Gasteiger partial charge in [-0.15, -0.1) is 0 Å². The highest BCUT2D eigenvalue weighted by molar-refractivity contribution is 6.04. The van der Waals surface area contributed by atoms with Gasteiger partial charge in [-0.05, 0) is 42.5 Å². The number of halogens is 1. The SMILES string of the molecule is COc1ccccc1-c1noc(-c2cccc(NC(=O)c3ccccc3F)c2)n1. The van der Waals surface area contributed by atoms with E-state index >= 15 is 0 Å². The van der Waals surface area contributed by atoms with Crippen molar-refractivity contribution < 1.29 is 18.4 Å². The van der Waals surface area contributed by atoms with Gasteiger partial charge in [0, 0.05) is 11.3 Å². The number of carbonyl (C=O) groups excluding carboxylic acids is 1. The van der Waals surface area contributed by atoms with Crippen LogP contribution in [0, 0.1) is 5.82 Å². The molecule has 1 N–H and O–H groups in total. The summed E-state index contributed by atoms with van der Waals surface area (Å²) >= 11 is 0. The Morgan fingerprint density at radius 2 is 1.83 bits per heavy atom. The maximum Gasteiger partial charge on any atom is 0.258 e. The van der Waals surface area contributed by atoms with Crippen LogP contribution < -0.4 is 10.1 Å². The van der Waals surface area contributed by atoms with Gasteiger partial charge in [-0.1, -0.05) is 35.5 Å². The van der Waals surface area contributed by atoms with E-state index in [9.17, 15) is 9.18 Å². The second kappa shape index (κ2) is 7.93. The number of anilines is 1. The standard InChI is InChI=1S/C22H16FN3O3/c1-28-19-12-5-3-10-17(19)20-25-22(29-26-20)14-7-6-8-15(13-14)24-21(27)16-9-2-4-11-18(16)23/h2-13H,1H3,(H,24,27). The van der Waals surface area contributed by atoms with Crippen molar-refractivity contribution in [3.63, 3.8) is 0 Å². The molecule has 1 aromatic heterocycles.